The minimum absolute atomic E-state index is 0.260. The smallest absolute Gasteiger partial charge is 0.191 e. The number of rotatable bonds is 4. The van der Waals surface area contributed by atoms with E-state index < -0.39 is 0 Å². The van der Waals surface area contributed by atoms with E-state index in [2.05, 4.69) is 29.7 Å². The molecule has 0 aliphatic heterocycles. The molecule has 0 saturated heterocycles. The number of anilines is 1. The van der Waals surface area contributed by atoms with Gasteiger partial charge in [-0.2, -0.15) is 5.10 Å². The van der Waals surface area contributed by atoms with Crippen molar-refractivity contribution in [3.8, 4) is 0 Å². The second-order valence-electron chi connectivity index (χ2n) is 5.28. The van der Waals surface area contributed by atoms with E-state index in [-0.39, 0.29) is 5.82 Å². The van der Waals surface area contributed by atoms with Gasteiger partial charge in [-0.05, 0) is 73.4 Å². The standard InChI is InChI=1S/C18H20FN3S/c1-4-17(14-6-8-15(19)9-7-14)21-22-18(23)20-16-10-5-12(2)13(3)11-16/h5-11H,4H2,1-3H3,(H2,20,22,23). The van der Waals surface area contributed by atoms with E-state index in [0.29, 0.717) is 11.5 Å². The van der Waals surface area contributed by atoms with E-state index in [1.54, 1.807) is 12.1 Å². The minimum Gasteiger partial charge on any atom is -0.331 e. The third-order valence-electron chi connectivity index (χ3n) is 3.57. The van der Waals surface area contributed by atoms with Crippen LogP contribution in [0.5, 0.6) is 0 Å². The second kappa shape index (κ2) is 7.83. The van der Waals surface area contributed by atoms with Gasteiger partial charge in [-0.25, -0.2) is 4.39 Å². The maximum atomic E-state index is 13.0. The Labute approximate surface area is 141 Å². The van der Waals surface area contributed by atoms with Crippen molar-refractivity contribution in [3.63, 3.8) is 0 Å². The van der Waals surface area contributed by atoms with Crippen LogP contribution in [0.1, 0.15) is 30.0 Å². The lowest BCUT2D eigenvalue weighted by Crippen LogP contribution is -2.25. The Hall–Kier alpha value is -2.27. The number of halogens is 1. The van der Waals surface area contributed by atoms with Crippen molar-refractivity contribution >= 4 is 28.7 Å². The number of hydrogen-bond donors (Lipinski definition) is 2. The molecule has 0 fully saturated rings. The number of hydrazone groups is 1. The van der Waals surface area contributed by atoms with Crippen molar-refractivity contribution < 1.29 is 4.39 Å². The van der Waals surface area contributed by atoms with Gasteiger partial charge >= 0.3 is 0 Å². The Morgan fingerprint density at radius 3 is 2.39 bits per heavy atom. The third kappa shape index (κ3) is 4.86. The fraction of sp³-hybridized carbons (Fsp3) is 0.222. The number of nitrogens with one attached hydrogen (secondary N) is 2. The van der Waals surface area contributed by atoms with Gasteiger partial charge in [0.25, 0.3) is 0 Å². The summed E-state index contributed by atoms with van der Waals surface area (Å²) >= 11 is 5.26. The van der Waals surface area contributed by atoms with Gasteiger partial charge in [0.2, 0.25) is 0 Å². The van der Waals surface area contributed by atoms with Gasteiger partial charge in [0.05, 0.1) is 5.71 Å². The summed E-state index contributed by atoms with van der Waals surface area (Å²) in [4.78, 5) is 0. The molecule has 2 rings (SSSR count). The Balaban J connectivity index is 2.03. The summed E-state index contributed by atoms with van der Waals surface area (Å²) in [6.45, 7) is 6.11. The molecule has 0 spiro atoms. The number of aryl methyl sites for hydroxylation is 2. The molecule has 0 bridgehead atoms. The quantitative estimate of drug-likeness (QED) is 0.491. The highest BCUT2D eigenvalue weighted by Crippen LogP contribution is 2.14. The maximum absolute atomic E-state index is 13.0. The van der Waals surface area contributed by atoms with Crippen molar-refractivity contribution in [2.24, 2.45) is 5.10 Å². The van der Waals surface area contributed by atoms with Crippen LogP contribution in [0.15, 0.2) is 47.6 Å². The third-order valence-corrected chi connectivity index (χ3v) is 3.76. The average molecular weight is 329 g/mol. The summed E-state index contributed by atoms with van der Waals surface area (Å²) in [5.74, 6) is -0.260. The zero-order valence-electron chi connectivity index (χ0n) is 13.5. The van der Waals surface area contributed by atoms with E-state index in [1.165, 1.54) is 23.3 Å². The molecule has 0 amide bonds. The summed E-state index contributed by atoms with van der Waals surface area (Å²) in [6, 6.07) is 12.3. The zero-order valence-corrected chi connectivity index (χ0v) is 14.3. The van der Waals surface area contributed by atoms with Gasteiger partial charge in [0.1, 0.15) is 5.82 Å². The monoisotopic (exact) mass is 329 g/mol. The van der Waals surface area contributed by atoms with E-state index in [9.17, 15) is 4.39 Å². The number of thiocarbonyl (C=S) groups is 1. The molecular weight excluding hydrogens is 309 g/mol. The summed E-state index contributed by atoms with van der Waals surface area (Å²) < 4.78 is 13.0. The lowest BCUT2D eigenvalue weighted by molar-refractivity contribution is 0.627. The highest BCUT2D eigenvalue weighted by atomic mass is 32.1. The van der Waals surface area contributed by atoms with Crippen LogP contribution in [-0.2, 0) is 0 Å². The highest BCUT2D eigenvalue weighted by Gasteiger charge is 2.03. The van der Waals surface area contributed by atoms with E-state index in [1.807, 2.05) is 25.1 Å². The van der Waals surface area contributed by atoms with Crippen LogP contribution in [0.4, 0.5) is 10.1 Å². The van der Waals surface area contributed by atoms with Gasteiger partial charge in [0, 0.05) is 5.69 Å². The normalized spacial score (nSPS) is 11.2. The van der Waals surface area contributed by atoms with Crippen LogP contribution in [0.2, 0.25) is 0 Å². The Morgan fingerprint density at radius 1 is 1.09 bits per heavy atom. The summed E-state index contributed by atoms with van der Waals surface area (Å²) in [5, 5.41) is 7.84. The predicted molar refractivity (Wildman–Crippen MR) is 98.5 cm³/mol. The molecule has 120 valence electrons. The molecule has 0 atom stereocenters. The first kappa shape index (κ1) is 17.1. The molecule has 0 aromatic heterocycles. The molecule has 2 N–H and O–H groups in total. The molecule has 2 aromatic carbocycles. The molecule has 0 saturated carbocycles. The van der Waals surface area contributed by atoms with Crippen molar-refractivity contribution in [1.29, 1.82) is 0 Å². The van der Waals surface area contributed by atoms with Crippen molar-refractivity contribution in [2.75, 3.05) is 5.32 Å². The van der Waals surface area contributed by atoms with E-state index >= 15 is 0 Å². The molecule has 0 heterocycles. The molecule has 0 aliphatic rings. The summed E-state index contributed by atoms with van der Waals surface area (Å²) in [6.07, 6.45) is 0.713. The van der Waals surface area contributed by atoms with Gasteiger partial charge in [0.15, 0.2) is 5.11 Å². The first-order chi connectivity index (χ1) is 11.0. The van der Waals surface area contributed by atoms with Crippen molar-refractivity contribution in [3.05, 3.63) is 65.0 Å². The molecule has 23 heavy (non-hydrogen) atoms. The average Bonchev–Trinajstić information content (AvgIpc) is 2.53. The van der Waals surface area contributed by atoms with Gasteiger partial charge in [-0.1, -0.05) is 25.1 Å². The Kier molecular flexibility index (Phi) is 5.82. The molecule has 2 aromatic rings. The van der Waals surface area contributed by atoms with Crippen LogP contribution in [0.25, 0.3) is 0 Å². The first-order valence-electron chi connectivity index (χ1n) is 7.46. The Morgan fingerprint density at radius 2 is 1.78 bits per heavy atom. The Bertz CT molecular complexity index is 724. The second-order valence-corrected chi connectivity index (χ2v) is 5.69. The predicted octanol–water partition coefficient (Wildman–Crippen LogP) is 4.54. The fourth-order valence-corrected chi connectivity index (χ4v) is 2.25. The number of hydrogen-bond acceptors (Lipinski definition) is 2. The topological polar surface area (TPSA) is 36.4 Å². The van der Waals surface area contributed by atoms with Crippen molar-refractivity contribution in [2.45, 2.75) is 27.2 Å². The van der Waals surface area contributed by atoms with E-state index in [4.69, 9.17) is 12.2 Å². The highest BCUT2D eigenvalue weighted by molar-refractivity contribution is 7.80. The van der Waals surface area contributed by atoms with E-state index in [0.717, 1.165) is 17.0 Å². The van der Waals surface area contributed by atoms with Crippen LogP contribution in [0, 0.1) is 19.7 Å². The summed E-state index contributed by atoms with van der Waals surface area (Å²) in [5.41, 5.74) is 7.88. The fourth-order valence-electron chi connectivity index (χ4n) is 2.09. The van der Waals surface area contributed by atoms with Gasteiger partial charge in [-0.3, -0.25) is 5.43 Å². The molecule has 0 radical (unpaired) electrons. The zero-order chi connectivity index (χ0) is 16.8. The lowest BCUT2D eigenvalue weighted by atomic mass is 10.1. The van der Waals surface area contributed by atoms with Crippen LogP contribution < -0.4 is 10.7 Å². The molecule has 0 aliphatic carbocycles. The molecule has 5 heteroatoms. The first-order valence-corrected chi connectivity index (χ1v) is 7.87. The summed E-state index contributed by atoms with van der Waals surface area (Å²) in [7, 11) is 0. The van der Waals surface area contributed by atoms with Gasteiger partial charge < -0.3 is 5.32 Å². The van der Waals surface area contributed by atoms with Crippen LogP contribution in [0.3, 0.4) is 0 Å². The minimum atomic E-state index is -0.260. The largest absolute Gasteiger partial charge is 0.331 e. The molecular formula is C18H20FN3S. The van der Waals surface area contributed by atoms with Crippen LogP contribution in [-0.4, -0.2) is 10.8 Å². The van der Waals surface area contributed by atoms with Gasteiger partial charge in [-0.15, -0.1) is 0 Å². The molecule has 3 nitrogen and oxygen atoms in total. The number of nitrogens with zero attached hydrogens (tertiary/aromatic N) is 1. The number of benzene rings is 2. The van der Waals surface area contributed by atoms with Crippen molar-refractivity contribution in [1.82, 2.24) is 5.43 Å². The maximum Gasteiger partial charge on any atom is 0.191 e. The van der Waals surface area contributed by atoms with Crippen LogP contribution >= 0.6 is 12.2 Å². The molecule has 0 unspecified atom stereocenters. The SMILES string of the molecule is CCC(=NNC(=S)Nc1ccc(C)c(C)c1)c1ccc(F)cc1. The lowest BCUT2D eigenvalue weighted by Gasteiger charge is -2.10.